The molecule has 0 aromatic heterocycles. The fraction of sp³-hybridized carbons (Fsp3) is 0.647. The Morgan fingerprint density at radius 3 is 1.76 bits per heavy atom. The second kappa shape index (κ2) is 7.59. The molecule has 0 amide bonds. The summed E-state index contributed by atoms with van der Waals surface area (Å²) in [5.74, 6) is -28.2. The maximum Gasteiger partial charge on any atom is 0.460 e. The van der Waals surface area contributed by atoms with E-state index in [4.69, 9.17) is 0 Å². The zero-order chi connectivity index (χ0) is 23.1. The van der Waals surface area contributed by atoms with Gasteiger partial charge in [-0.05, 0) is 24.5 Å². The van der Waals surface area contributed by atoms with Crippen molar-refractivity contribution in [1.29, 1.82) is 0 Å². The SMILES string of the molecule is CCCc1cccc(C(C)(O)CC(F)(F)C(F)(F)C(F)(F)C(F)(F)C(F)(F)F)c1. The van der Waals surface area contributed by atoms with E-state index in [1.54, 1.807) is 6.92 Å². The lowest BCUT2D eigenvalue weighted by atomic mass is 9.84. The van der Waals surface area contributed by atoms with Crippen molar-refractivity contribution in [3.8, 4) is 0 Å². The van der Waals surface area contributed by atoms with Crippen molar-refractivity contribution in [3.05, 3.63) is 35.4 Å². The van der Waals surface area contributed by atoms with Gasteiger partial charge >= 0.3 is 29.9 Å². The highest BCUT2D eigenvalue weighted by atomic mass is 19.4. The highest BCUT2D eigenvalue weighted by molar-refractivity contribution is 5.28. The van der Waals surface area contributed by atoms with Gasteiger partial charge in [-0.2, -0.15) is 48.3 Å². The van der Waals surface area contributed by atoms with Crippen molar-refractivity contribution in [1.82, 2.24) is 0 Å². The lowest BCUT2D eigenvalue weighted by Crippen LogP contribution is -2.67. The summed E-state index contributed by atoms with van der Waals surface area (Å²) >= 11 is 0. The van der Waals surface area contributed by atoms with Crippen LogP contribution >= 0.6 is 0 Å². The second-order valence-corrected chi connectivity index (χ2v) is 6.83. The summed E-state index contributed by atoms with van der Waals surface area (Å²) in [7, 11) is 0. The molecule has 0 saturated heterocycles. The van der Waals surface area contributed by atoms with Crippen LogP contribution in [0.5, 0.6) is 0 Å². The molecule has 0 fully saturated rings. The number of halogens is 11. The normalized spacial score (nSPS) is 16.6. The van der Waals surface area contributed by atoms with Crippen LogP contribution in [0.3, 0.4) is 0 Å². The van der Waals surface area contributed by atoms with Crippen LogP contribution in [-0.4, -0.2) is 35.0 Å². The largest absolute Gasteiger partial charge is 0.460 e. The third-order valence-electron chi connectivity index (χ3n) is 4.26. The molecule has 0 radical (unpaired) electrons. The van der Waals surface area contributed by atoms with Gasteiger partial charge in [-0.25, -0.2) is 0 Å². The van der Waals surface area contributed by atoms with Crippen molar-refractivity contribution in [2.24, 2.45) is 0 Å². The maximum absolute atomic E-state index is 14.0. The van der Waals surface area contributed by atoms with Gasteiger partial charge in [0.05, 0.1) is 12.0 Å². The van der Waals surface area contributed by atoms with Gasteiger partial charge in [-0.1, -0.05) is 37.6 Å². The number of aliphatic hydroxyl groups is 1. The minimum Gasteiger partial charge on any atom is -0.385 e. The Morgan fingerprint density at radius 2 is 1.31 bits per heavy atom. The molecule has 0 bridgehead atoms. The molecule has 0 aliphatic rings. The molecule has 0 saturated carbocycles. The highest BCUT2D eigenvalue weighted by Crippen LogP contribution is 2.59. The van der Waals surface area contributed by atoms with Crippen molar-refractivity contribution < 1.29 is 53.4 Å². The maximum atomic E-state index is 14.0. The topological polar surface area (TPSA) is 20.2 Å². The molecule has 0 aliphatic heterocycles. The first-order valence-electron chi connectivity index (χ1n) is 8.14. The summed E-state index contributed by atoms with van der Waals surface area (Å²) in [5.41, 5.74) is -2.90. The number of aryl methyl sites for hydroxylation is 1. The first-order chi connectivity index (χ1) is 12.7. The van der Waals surface area contributed by atoms with Gasteiger partial charge in [0.2, 0.25) is 0 Å². The van der Waals surface area contributed by atoms with E-state index in [-0.39, 0.29) is 0 Å². The molecule has 1 atom stereocenters. The van der Waals surface area contributed by atoms with Crippen LogP contribution in [0.15, 0.2) is 24.3 Å². The van der Waals surface area contributed by atoms with E-state index in [9.17, 15) is 53.4 Å². The third-order valence-corrected chi connectivity index (χ3v) is 4.26. The van der Waals surface area contributed by atoms with E-state index in [1.807, 2.05) is 0 Å². The van der Waals surface area contributed by atoms with Gasteiger partial charge in [0.15, 0.2) is 0 Å². The molecule has 29 heavy (non-hydrogen) atoms. The molecular weight excluding hydrogens is 429 g/mol. The molecule has 1 aromatic carbocycles. The van der Waals surface area contributed by atoms with E-state index < -0.39 is 47.5 Å². The number of rotatable bonds is 8. The molecule has 1 N–H and O–H groups in total. The summed E-state index contributed by atoms with van der Waals surface area (Å²) in [6.45, 7) is 2.27. The molecule has 0 spiro atoms. The predicted octanol–water partition coefficient (Wildman–Crippen LogP) is 6.34. The smallest absolute Gasteiger partial charge is 0.385 e. The Labute approximate surface area is 158 Å². The fourth-order valence-electron chi connectivity index (χ4n) is 2.60. The van der Waals surface area contributed by atoms with Crippen molar-refractivity contribution >= 4 is 0 Å². The summed E-state index contributed by atoms with van der Waals surface area (Å²) < 4.78 is 144. The third kappa shape index (κ3) is 4.46. The molecule has 168 valence electrons. The van der Waals surface area contributed by atoms with Crippen LogP contribution in [0.1, 0.15) is 37.8 Å². The van der Waals surface area contributed by atoms with Crippen LogP contribution in [0, 0.1) is 0 Å². The van der Waals surface area contributed by atoms with Crippen LogP contribution in [0.4, 0.5) is 48.3 Å². The van der Waals surface area contributed by atoms with E-state index in [0.717, 1.165) is 12.1 Å². The Hall–Kier alpha value is -1.59. The average molecular weight is 446 g/mol. The van der Waals surface area contributed by atoms with E-state index in [2.05, 4.69) is 0 Å². The summed E-state index contributed by atoms with van der Waals surface area (Å²) in [4.78, 5) is 0. The standard InChI is InChI=1S/C17H17F11O/c1-3-5-10-6-4-7-11(8-10)12(2,29)9-13(18,19)14(20,21)15(22,23)16(24,25)17(26,27)28/h4,6-8,29H,3,5,9H2,1-2H3. The van der Waals surface area contributed by atoms with Crippen LogP contribution < -0.4 is 0 Å². The molecule has 1 rings (SSSR count). The second-order valence-electron chi connectivity index (χ2n) is 6.83. The van der Waals surface area contributed by atoms with Crippen molar-refractivity contribution in [3.63, 3.8) is 0 Å². The van der Waals surface area contributed by atoms with Crippen LogP contribution in [0.2, 0.25) is 0 Å². The Morgan fingerprint density at radius 1 is 0.793 bits per heavy atom. The average Bonchev–Trinajstić information content (AvgIpc) is 2.53. The summed E-state index contributed by atoms with van der Waals surface area (Å²) in [6.07, 6.45) is -8.80. The minimum atomic E-state index is -7.48. The Kier molecular flexibility index (Phi) is 6.66. The Bertz CT molecular complexity index is 708. The predicted molar refractivity (Wildman–Crippen MR) is 80.5 cm³/mol. The molecule has 0 aliphatic carbocycles. The van der Waals surface area contributed by atoms with E-state index in [0.29, 0.717) is 25.3 Å². The van der Waals surface area contributed by atoms with Crippen LogP contribution in [0.25, 0.3) is 0 Å². The van der Waals surface area contributed by atoms with Gasteiger partial charge in [-0.3, -0.25) is 0 Å². The summed E-state index contributed by atoms with van der Waals surface area (Å²) in [5, 5.41) is 10.1. The van der Waals surface area contributed by atoms with Crippen LogP contribution in [-0.2, 0) is 12.0 Å². The van der Waals surface area contributed by atoms with E-state index >= 15 is 0 Å². The molecule has 12 heteroatoms. The Balaban J connectivity index is 3.33. The summed E-state index contributed by atoms with van der Waals surface area (Å²) in [6, 6.07) is 4.85. The quantitative estimate of drug-likeness (QED) is 0.462. The van der Waals surface area contributed by atoms with Crippen molar-refractivity contribution in [2.45, 2.75) is 68.6 Å². The molecule has 0 heterocycles. The monoisotopic (exact) mass is 446 g/mol. The van der Waals surface area contributed by atoms with Crippen molar-refractivity contribution in [2.75, 3.05) is 0 Å². The van der Waals surface area contributed by atoms with Gasteiger partial charge in [0.25, 0.3) is 0 Å². The van der Waals surface area contributed by atoms with E-state index in [1.165, 1.54) is 12.1 Å². The minimum absolute atomic E-state index is 0.381. The van der Waals surface area contributed by atoms with Gasteiger partial charge in [-0.15, -0.1) is 0 Å². The number of alkyl halides is 11. The van der Waals surface area contributed by atoms with Gasteiger partial charge in [0.1, 0.15) is 0 Å². The number of hydrogen-bond donors (Lipinski definition) is 1. The lowest BCUT2D eigenvalue weighted by molar-refractivity contribution is -0.424. The first-order valence-corrected chi connectivity index (χ1v) is 8.14. The fourth-order valence-corrected chi connectivity index (χ4v) is 2.60. The molecular formula is C17H17F11O. The zero-order valence-corrected chi connectivity index (χ0v) is 15.0. The number of benzene rings is 1. The molecule has 1 nitrogen and oxygen atoms in total. The van der Waals surface area contributed by atoms with Gasteiger partial charge < -0.3 is 5.11 Å². The lowest BCUT2D eigenvalue weighted by Gasteiger charge is -2.39. The zero-order valence-electron chi connectivity index (χ0n) is 15.0. The number of hydrogen-bond acceptors (Lipinski definition) is 1. The highest BCUT2D eigenvalue weighted by Gasteiger charge is 2.87. The van der Waals surface area contributed by atoms with Gasteiger partial charge in [0, 0.05) is 0 Å². The first kappa shape index (κ1) is 25.4. The molecule has 1 unspecified atom stereocenters. The molecule has 1 aromatic rings.